The van der Waals surface area contributed by atoms with E-state index >= 15 is 0 Å². The number of rotatable bonds is 6. The van der Waals surface area contributed by atoms with Crippen LogP contribution < -0.4 is 9.47 Å². The van der Waals surface area contributed by atoms with E-state index in [1.54, 1.807) is 7.11 Å². The van der Waals surface area contributed by atoms with Gasteiger partial charge in [0.2, 0.25) is 0 Å². The van der Waals surface area contributed by atoms with Crippen LogP contribution in [-0.4, -0.2) is 32.1 Å². The van der Waals surface area contributed by atoms with Gasteiger partial charge >= 0.3 is 0 Å². The molecule has 0 aliphatic rings. The first-order valence-corrected chi connectivity index (χ1v) is 7.77. The molecule has 0 bridgehead atoms. The van der Waals surface area contributed by atoms with Crippen molar-refractivity contribution in [3.8, 4) is 11.5 Å². The Kier molecular flexibility index (Phi) is 4.50. The summed E-state index contributed by atoms with van der Waals surface area (Å²) >= 11 is 0. The molecule has 0 fully saturated rings. The van der Waals surface area contributed by atoms with Crippen LogP contribution in [0.15, 0.2) is 30.3 Å². The standard InChI is InChI=1S/C17H21N5O2/c1-11-9-12(2)22(21-11)13(3)17-18-16(19-20-17)10-24-15-7-5-14(23-4)6-8-15/h5-9,13H,10H2,1-4H3,(H,18,19,20). The van der Waals surface area contributed by atoms with Crippen LogP contribution >= 0.6 is 0 Å². The van der Waals surface area contributed by atoms with Gasteiger partial charge in [-0.25, -0.2) is 4.98 Å². The van der Waals surface area contributed by atoms with E-state index in [-0.39, 0.29) is 6.04 Å². The third kappa shape index (κ3) is 3.40. The first kappa shape index (κ1) is 16.0. The second kappa shape index (κ2) is 6.74. The van der Waals surface area contributed by atoms with Crippen LogP contribution in [0, 0.1) is 13.8 Å². The van der Waals surface area contributed by atoms with Gasteiger partial charge in [-0.2, -0.15) is 10.2 Å². The summed E-state index contributed by atoms with van der Waals surface area (Å²) in [5, 5.41) is 11.7. The number of aromatic nitrogens is 5. The predicted molar refractivity (Wildman–Crippen MR) is 89.2 cm³/mol. The molecule has 24 heavy (non-hydrogen) atoms. The topological polar surface area (TPSA) is 77.8 Å². The number of hydrogen-bond acceptors (Lipinski definition) is 5. The number of aromatic amines is 1. The summed E-state index contributed by atoms with van der Waals surface area (Å²) in [5.41, 5.74) is 2.07. The fourth-order valence-corrected chi connectivity index (χ4v) is 2.53. The maximum atomic E-state index is 5.71. The molecule has 1 unspecified atom stereocenters. The Labute approximate surface area is 140 Å². The van der Waals surface area contributed by atoms with E-state index < -0.39 is 0 Å². The predicted octanol–water partition coefficient (Wildman–Crippen LogP) is 2.81. The van der Waals surface area contributed by atoms with Gasteiger partial charge in [-0.05, 0) is 51.1 Å². The highest BCUT2D eigenvalue weighted by atomic mass is 16.5. The number of nitrogens with one attached hydrogen (secondary N) is 1. The minimum atomic E-state index is -0.0373. The third-order valence-electron chi connectivity index (χ3n) is 3.77. The second-order valence-corrected chi connectivity index (χ2v) is 5.65. The molecule has 7 nitrogen and oxygen atoms in total. The van der Waals surface area contributed by atoms with Gasteiger partial charge in [0.15, 0.2) is 11.6 Å². The van der Waals surface area contributed by atoms with Crippen molar-refractivity contribution in [2.24, 2.45) is 0 Å². The third-order valence-corrected chi connectivity index (χ3v) is 3.77. The van der Waals surface area contributed by atoms with E-state index in [0.29, 0.717) is 18.3 Å². The molecule has 0 radical (unpaired) electrons. The zero-order valence-electron chi connectivity index (χ0n) is 14.3. The highest BCUT2D eigenvalue weighted by Gasteiger charge is 2.16. The SMILES string of the molecule is COc1ccc(OCc2nc(C(C)n3nc(C)cc3C)n[nH]2)cc1. The summed E-state index contributed by atoms with van der Waals surface area (Å²) in [6.45, 7) is 6.35. The number of hydrogen-bond donors (Lipinski definition) is 1. The van der Waals surface area contributed by atoms with Crippen molar-refractivity contribution >= 4 is 0 Å². The van der Waals surface area contributed by atoms with Gasteiger partial charge in [-0.15, -0.1) is 0 Å². The molecule has 1 N–H and O–H groups in total. The highest BCUT2D eigenvalue weighted by Crippen LogP contribution is 2.19. The van der Waals surface area contributed by atoms with Crippen molar-refractivity contribution in [1.29, 1.82) is 0 Å². The van der Waals surface area contributed by atoms with Gasteiger partial charge in [0.05, 0.1) is 12.8 Å². The van der Waals surface area contributed by atoms with E-state index in [9.17, 15) is 0 Å². The van der Waals surface area contributed by atoms with Crippen LogP contribution in [0.5, 0.6) is 11.5 Å². The van der Waals surface area contributed by atoms with Crippen LogP contribution in [0.1, 0.15) is 36.0 Å². The highest BCUT2D eigenvalue weighted by molar-refractivity contribution is 5.31. The number of ether oxygens (including phenoxy) is 2. The smallest absolute Gasteiger partial charge is 0.175 e. The zero-order chi connectivity index (χ0) is 17.1. The molecule has 0 amide bonds. The molecule has 2 heterocycles. The molecule has 0 saturated heterocycles. The molecular formula is C17H21N5O2. The van der Waals surface area contributed by atoms with Gasteiger partial charge in [-0.3, -0.25) is 9.78 Å². The minimum absolute atomic E-state index is 0.0373. The fraction of sp³-hybridized carbons (Fsp3) is 0.353. The normalized spacial score (nSPS) is 12.2. The fourth-order valence-electron chi connectivity index (χ4n) is 2.53. The molecule has 1 aromatic carbocycles. The summed E-state index contributed by atoms with van der Waals surface area (Å²) < 4.78 is 12.8. The molecule has 3 aromatic rings. The van der Waals surface area contributed by atoms with Crippen molar-refractivity contribution in [3.63, 3.8) is 0 Å². The molecule has 0 spiro atoms. The quantitative estimate of drug-likeness (QED) is 0.753. The molecule has 7 heteroatoms. The Morgan fingerprint density at radius 1 is 1.17 bits per heavy atom. The average molecular weight is 327 g/mol. The molecule has 0 aliphatic carbocycles. The van der Waals surface area contributed by atoms with E-state index in [2.05, 4.69) is 20.3 Å². The van der Waals surface area contributed by atoms with Gasteiger partial charge in [-0.1, -0.05) is 0 Å². The van der Waals surface area contributed by atoms with Gasteiger partial charge in [0.1, 0.15) is 24.1 Å². The first-order chi connectivity index (χ1) is 11.6. The molecule has 126 valence electrons. The molecule has 2 aromatic heterocycles. The molecule has 0 saturated carbocycles. The number of nitrogens with zero attached hydrogens (tertiary/aromatic N) is 4. The lowest BCUT2D eigenvalue weighted by molar-refractivity contribution is 0.295. The molecule has 3 rings (SSSR count). The monoisotopic (exact) mass is 327 g/mol. The van der Waals surface area contributed by atoms with Crippen LogP contribution in [0.25, 0.3) is 0 Å². The van der Waals surface area contributed by atoms with Crippen LogP contribution in [0.2, 0.25) is 0 Å². The molecule has 1 atom stereocenters. The molecule has 0 aliphatic heterocycles. The lowest BCUT2D eigenvalue weighted by Crippen LogP contribution is -2.12. The van der Waals surface area contributed by atoms with Gasteiger partial charge in [0, 0.05) is 5.69 Å². The summed E-state index contributed by atoms with van der Waals surface area (Å²) in [5.74, 6) is 2.91. The van der Waals surface area contributed by atoms with Crippen LogP contribution in [-0.2, 0) is 6.61 Å². The summed E-state index contributed by atoms with van der Waals surface area (Å²) in [4.78, 5) is 4.51. The van der Waals surface area contributed by atoms with Crippen molar-refractivity contribution < 1.29 is 9.47 Å². The van der Waals surface area contributed by atoms with Crippen molar-refractivity contribution in [3.05, 3.63) is 53.4 Å². The Morgan fingerprint density at radius 3 is 2.50 bits per heavy atom. The lowest BCUT2D eigenvalue weighted by atomic mass is 10.3. The second-order valence-electron chi connectivity index (χ2n) is 5.65. The summed E-state index contributed by atoms with van der Waals surface area (Å²) in [6.07, 6.45) is 0. The Balaban J connectivity index is 1.65. The van der Waals surface area contributed by atoms with Crippen molar-refractivity contribution in [2.75, 3.05) is 7.11 Å². The average Bonchev–Trinajstić information content (AvgIpc) is 3.19. The largest absolute Gasteiger partial charge is 0.497 e. The first-order valence-electron chi connectivity index (χ1n) is 7.77. The maximum Gasteiger partial charge on any atom is 0.175 e. The Hall–Kier alpha value is -2.83. The van der Waals surface area contributed by atoms with Gasteiger partial charge < -0.3 is 9.47 Å². The number of methoxy groups -OCH3 is 1. The number of aryl methyl sites for hydroxylation is 2. The van der Waals surface area contributed by atoms with E-state index in [0.717, 1.165) is 22.9 Å². The zero-order valence-corrected chi connectivity index (χ0v) is 14.3. The van der Waals surface area contributed by atoms with E-state index in [4.69, 9.17) is 9.47 Å². The maximum absolute atomic E-state index is 5.71. The van der Waals surface area contributed by atoms with E-state index in [1.165, 1.54) is 0 Å². The van der Waals surface area contributed by atoms with Crippen molar-refractivity contribution in [2.45, 2.75) is 33.4 Å². The summed E-state index contributed by atoms with van der Waals surface area (Å²) in [6, 6.07) is 9.42. The Morgan fingerprint density at radius 2 is 1.88 bits per heavy atom. The summed E-state index contributed by atoms with van der Waals surface area (Å²) in [7, 11) is 1.63. The lowest BCUT2D eigenvalue weighted by Gasteiger charge is -2.10. The van der Waals surface area contributed by atoms with E-state index in [1.807, 2.05) is 55.8 Å². The van der Waals surface area contributed by atoms with Gasteiger partial charge in [0.25, 0.3) is 0 Å². The number of benzene rings is 1. The number of H-pyrrole nitrogens is 1. The van der Waals surface area contributed by atoms with Crippen LogP contribution in [0.3, 0.4) is 0 Å². The minimum Gasteiger partial charge on any atom is -0.497 e. The molecular weight excluding hydrogens is 306 g/mol. The van der Waals surface area contributed by atoms with Crippen LogP contribution in [0.4, 0.5) is 0 Å². The Bertz CT molecular complexity index is 807. The van der Waals surface area contributed by atoms with Crippen molar-refractivity contribution in [1.82, 2.24) is 25.0 Å².